The molecular formula is C22H18N2O2S. The Bertz CT molecular complexity index is 1150. The van der Waals surface area contributed by atoms with Crippen LogP contribution in [-0.2, 0) is 0 Å². The van der Waals surface area contributed by atoms with E-state index in [0.29, 0.717) is 5.52 Å². The fraction of sp³-hybridized carbons (Fsp3) is 0.0909. The normalized spacial score (nSPS) is 12.0. The van der Waals surface area contributed by atoms with Crippen molar-refractivity contribution in [3.8, 4) is 0 Å². The SMILES string of the molecule is Cc1ccc(C(NC(=O)c2cc3ccccc3[nH]c2=O)c2cccs2)cc1. The number of nitrogens with one attached hydrogen (secondary N) is 2. The molecule has 27 heavy (non-hydrogen) atoms. The predicted octanol–water partition coefficient (Wildman–Crippen LogP) is 4.42. The maximum absolute atomic E-state index is 12.9. The van der Waals surface area contributed by atoms with Crippen LogP contribution in [0.3, 0.4) is 0 Å². The van der Waals surface area contributed by atoms with Crippen LogP contribution in [0, 0.1) is 6.92 Å². The molecule has 4 aromatic rings. The average Bonchev–Trinajstić information content (AvgIpc) is 3.20. The van der Waals surface area contributed by atoms with Gasteiger partial charge in [0.2, 0.25) is 0 Å². The molecule has 2 aromatic heterocycles. The molecule has 2 heterocycles. The number of H-pyrrole nitrogens is 1. The summed E-state index contributed by atoms with van der Waals surface area (Å²) < 4.78 is 0. The minimum atomic E-state index is -0.389. The van der Waals surface area contributed by atoms with Gasteiger partial charge in [0.15, 0.2) is 0 Å². The second-order valence-electron chi connectivity index (χ2n) is 6.43. The van der Waals surface area contributed by atoms with E-state index in [4.69, 9.17) is 0 Å². The van der Waals surface area contributed by atoms with Crippen molar-refractivity contribution >= 4 is 28.1 Å². The van der Waals surface area contributed by atoms with E-state index in [9.17, 15) is 9.59 Å². The van der Waals surface area contributed by atoms with Crippen molar-refractivity contribution < 1.29 is 4.79 Å². The van der Waals surface area contributed by atoms with E-state index in [-0.39, 0.29) is 23.1 Å². The first-order valence-electron chi connectivity index (χ1n) is 8.65. The number of thiophene rings is 1. The van der Waals surface area contributed by atoms with Crippen molar-refractivity contribution in [2.45, 2.75) is 13.0 Å². The van der Waals surface area contributed by atoms with Crippen LogP contribution in [0.4, 0.5) is 0 Å². The number of fused-ring (bicyclic) bond motifs is 1. The molecule has 0 aliphatic carbocycles. The predicted molar refractivity (Wildman–Crippen MR) is 109 cm³/mol. The summed E-state index contributed by atoms with van der Waals surface area (Å²) in [7, 11) is 0. The molecule has 0 bridgehead atoms. The van der Waals surface area contributed by atoms with E-state index in [1.54, 1.807) is 17.4 Å². The van der Waals surface area contributed by atoms with Crippen LogP contribution in [0.2, 0.25) is 0 Å². The molecular weight excluding hydrogens is 356 g/mol. The van der Waals surface area contributed by atoms with E-state index < -0.39 is 0 Å². The van der Waals surface area contributed by atoms with E-state index in [0.717, 1.165) is 21.4 Å². The standard InChI is InChI=1S/C22H18N2O2S/c1-14-8-10-15(11-9-14)20(19-7-4-12-27-19)24-22(26)17-13-16-5-2-3-6-18(16)23-21(17)25/h2-13,20H,1H3,(H,23,25)(H,24,26). The summed E-state index contributed by atoms with van der Waals surface area (Å²) in [5.41, 5.74) is 2.57. The third-order valence-electron chi connectivity index (χ3n) is 4.51. The van der Waals surface area contributed by atoms with Gasteiger partial charge in [-0.2, -0.15) is 0 Å². The molecule has 0 aliphatic heterocycles. The highest BCUT2D eigenvalue weighted by Crippen LogP contribution is 2.26. The van der Waals surface area contributed by atoms with E-state index >= 15 is 0 Å². The van der Waals surface area contributed by atoms with E-state index in [1.807, 2.05) is 73.0 Å². The minimum absolute atomic E-state index is 0.113. The highest BCUT2D eigenvalue weighted by atomic mass is 32.1. The molecule has 0 aliphatic rings. The molecule has 0 saturated carbocycles. The number of benzene rings is 2. The molecule has 5 heteroatoms. The van der Waals surface area contributed by atoms with Gasteiger partial charge >= 0.3 is 0 Å². The second-order valence-corrected chi connectivity index (χ2v) is 7.41. The Hall–Kier alpha value is -3.18. The molecule has 0 fully saturated rings. The Morgan fingerprint density at radius 1 is 1.04 bits per heavy atom. The Morgan fingerprint density at radius 3 is 2.56 bits per heavy atom. The van der Waals surface area contributed by atoms with Crippen LogP contribution in [0.1, 0.15) is 32.4 Å². The number of aromatic nitrogens is 1. The van der Waals surface area contributed by atoms with Gasteiger partial charge in [-0.3, -0.25) is 9.59 Å². The van der Waals surface area contributed by atoms with Gasteiger partial charge in [-0.05, 0) is 41.5 Å². The monoisotopic (exact) mass is 374 g/mol. The summed E-state index contributed by atoms with van der Waals surface area (Å²) in [6, 6.07) is 20.7. The number of pyridine rings is 1. The molecule has 0 spiro atoms. The number of rotatable bonds is 4. The number of hydrogen-bond donors (Lipinski definition) is 2. The smallest absolute Gasteiger partial charge is 0.261 e. The first kappa shape index (κ1) is 17.2. The largest absolute Gasteiger partial charge is 0.340 e. The van der Waals surface area contributed by atoms with Gasteiger partial charge in [-0.25, -0.2) is 0 Å². The van der Waals surface area contributed by atoms with Crippen molar-refractivity contribution in [1.82, 2.24) is 10.3 Å². The van der Waals surface area contributed by atoms with Gasteiger partial charge < -0.3 is 10.3 Å². The van der Waals surface area contributed by atoms with Crippen LogP contribution in [0.15, 0.2) is 76.9 Å². The van der Waals surface area contributed by atoms with Crippen LogP contribution in [0.5, 0.6) is 0 Å². The van der Waals surface area contributed by atoms with E-state index in [2.05, 4.69) is 10.3 Å². The lowest BCUT2D eigenvalue weighted by molar-refractivity contribution is 0.0942. The lowest BCUT2D eigenvalue weighted by atomic mass is 10.0. The number of aromatic amines is 1. The Balaban J connectivity index is 1.71. The van der Waals surface area contributed by atoms with Gasteiger partial charge in [-0.15, -0.1) is 11.3 Å². The molecule has 134 valence electrons. The summed E-state index contributed by atoms with van der Waals surface area (Å²) in [6.45, 7) is 2.02. The van der Waals surface area contributed by atoms with Crippen LogP contribution < -0.4 is 10.9 Å². The number of amides is 1. The molecule has 4 rings (SSSR count). The van der Waals surface area contributed by atoms with Crippen LogP contribution in [0.25, 0.3) is 10.9 Å². The van der Waals surface area contributed by atoms with Gasteiger partial charge in [0.05, 0.1) is 6.04 Å². The molecule has 4 nitrogen and oxygen atoms in total. The van der Waals surface area contributed by atoms with Crippen LogP contribution >= 0.6 is 11.3 Å². The summed E-state index contributed by atoms with van der Waals surface area (Å²) in [5, 5.41) is 5.83. The molecule has 1 atom stereocenters. The number of para-hydroxylation sites is 1. The first-order valence-corrected chi connectivity index (χ1v) is 9.53. The van der Waals surface area contributed by atoms with Crippen molar-refractivity contribution in [3.63, 3.8) is 0 Å². The lowest BCUT2D eigenvalue weighted by Crippen LogP contribution is -2.33. The number of carbonyl (C=O) groups excluding carboxylic acids is 1. The molecule has 1 unspecified atom stereocenters. The molecule has 2 N–H and O–H groups in total. The van der Waals surface area contributed by atoms with Crippen LogP contribution in [-0.4, -0.2) is 10.9 Å². The number of hydrogen-bond acceptors (Lipinski definition) is 3. The fourth-order valence-electron chi connectivity index (χ4n) is 3.06. The maximum atomic E-state index is 12.9. The zero-order valence-electron chi connectivity index (χ0n) is 14.7. The van der Waals surface area contributed by atoms with Gasteiger partial charge in [0.1, 0.15) is 5.56 Å². The summed E-state index contributed by atoms with van der Waals surface area (Å²) >= 11 is 1.57. The van der Waals surface area contributed by atoms with Crippen molar-refractivity contribution in [3.05, 3.63) is 104 Å². The second kappa shape index (κ2) is 7.21. The minimum Gasteiger partial charge on any atom is -0.340 e. The molecule has 1 amide bonds. The molecule has 0 radical (unpaired) electrons. The van der Waals surface area contributed by atoms with Gasteiger partial charge in [-0.1, -0.05) is 54.1 Å². The van der Waals surface area contributed by atoms with E-state index in [1.165, 1.54) is 0 Å². The third-order valence-corrected chi connectivity index (χ3v) is 5.45. The van der Waals surface area contributed by atoms with Crippen molar-refractivity contribution in [1.29, 1.82) is 0 Å². The zero-order chi connectivity index (χ0) is 18.8. The fourth-order valence-corrected chi connectivity index (χ4v) is 3.86. The Morgan fingerprint density at radius 2 is 1.81 bits per heavy atom. The topological polar surface area (TPSA) is 62.0 Å². The number of carbonyl (C=O) groups is 1. The Kier molecular flexibility index (Phi) is 4.60. The third kappa shape index (κ3) is 3.55. The zero-order valence-corrected chi connectivity index (χ0v) is 15.5. The molecule has 2 aromatic carbocycles. The van der Waals surface area contributed by atoms with Gasteiger partial charge in [0, 0.05) is 10.4 Å². The lowest BCUT2D eigenvalue weighted by Gasteiger charge is -2.18. The quantitative estimate of drug-likeness (QED) is 0.555. The number of aryl methyl sites for hydroxylation is 1. The average molecular weight is 374 g/mol. The van der Waals surface area contributed by atoms with Gasteiger partial charge in [0.25, 0.3) is 11.5 Å². The summed E-state index contributed by atoms with van der Waals surface area (Å²) in [4.78, 5) is 29.1. The molecule has 0 saturated heterocycles. The Labute approximate surface area is 160 Å². The summed E-state index contributed by atoms with van der Waals surface area (Å²) in [5.74, 6) is -0.388. The van der Waals surface area contributed by atoms with Crippen molar-refractivity contribution in [2.24, 2.45) is 0 Å². The highest BCUT2D eigenvalue weighted by molar-refractivity contribution is 7.10. The van der Waals surface area contributed by atoms with Crippen molar-refractivity contribution in [2.75, 3.05) is 0 Å². The summed E-state index contributed by atoms with van der Waals surface area (Å²) in [6.07, 6.45) is 0. The highest BCUT2D eigenvalue weighted by Gasteiger charge is 2.20. The first-order chi connectivity index (χ1) is 13.1. The maximum Gasteiger partial charge on any atom is 0.261 e.